The van der Waals surface area contributed by atoms with Crippen molar-refractivity contribution in [3.63, 3.8) is 0 Å². The second-order valence-electron chi connectivity index (χ2n) is 9.24. The van der Waals surface area contributed by atoms with E-state index in [1.807, 2.05) is 0 Å². The molecular formula is C27H22ClF4N3O3. The summed E-state index contributed by atoms with van der Waals surface area (Å²) in [5, 5.41) is 2.71. The number of pyridine rings is 2. The minimum atomic E-state index is -4.56. The summed E-state index contributed by atoms with van der Waals surface area (Å²) in [6, 6.07) is 6.48. The van der Waals surface area contributed by atoms with Gasteiger partial charge in [0.05, 0.1) is 5.02 Å². The number of benzene rings is 1. The minimum absolute atomic E-state index is 0.0722. The van der Waals surface area contributed by atoms with Crippen LogP contribution in [0, 0.1) is 25.6 Å². The Morgan fingerprint density at radius 3 is 2.34 bits per heavy atom. The van der Waals surface area contributed by atoms with Gasteiger partial charge in [-0.3, -0.25) is 24.4 Å². The molecule has 1 aliphatic rings. The van der Waals surface area contributed by atoms with E-state index in [1.54, 1.807) is 26.0 Å². The number of carbonyl (C=O) groups excluding carboxylic acids is 3. The Hall–Kier alpha value is -3.66. The Labute approximate surface area is 220 Å². The molecule has 2 atom stereocenters. The number of alkyl halides is 3. The zero-order valence-corrected chi connectivity index (χ0v) is 21.1. The van der Waals surface area contributed by atoms with Gasteiger partial charge in [0.25, 0.3) is 0 Å². The van der Waals surface area contributed by atoms with E-state index in [2.05, 4.69) is 15.3 Å². The number of hydrogen-bond donors (Lipinski definition) is 1. The fourth-order valence-electron chi connectivity index (χ4n) is 4.72. The Bertz CT molecular complexity index is 1400. The van der Waals surface area contributed by atoms with Crippen molar-refractivity contribution in [2.75, 3.05) is 0 Å². The van der Waals surface area contributed by atoms with E-state index < -0.39 is 35.4 Å². The van der Waals surface area contributed by atoms with E-state index in [9.17, 15) is 31.9 Å². The lowest BCUT2D eigenvalue weighted by molar-refractivity contribution is -0.141. The number of rotatable bonds is 6. The lowest BCUT2D eigenvalue weighted by Crippen LogP contribution is -2.27. The fourth-order valence-corrected chi connectivity index (χ4v) is 4.86. The molecule has 2 heterocycles. The molecule has 4 rings (SSSR count). The molecule has 1 saturated carbocycles. The first kappa shape index (κ1) is 27.4. The van der Waals surface area contributed by atoms with Crippen LogP contribution >= 0.6 is 11.6 Å². The van der Waals surface area contributed by atoms with Crippen molar-refractivity contribution in [3.8, 4) is 11.3 Å². The van der Waals surface area contributed by atoms with E-state index in [0.29, 0.717) is 27.8 Å². The smallest absolute Gasteiger partial charge is 0.352 e. The van der Waals surface area contributed by atoms with Crippen LogP contribution < -0.4 is 5.32 Å². The molecule has 1 amide bonds. The number of nitrogens with one attached hydrogen (secondary N) is 1. The largest absolute Gasteiger partial charge is 0.433 e. The summed E-state index contributed by atoms with van der Waals surface area (Å²) < 4.78 is 52.3. The number of carbonyl (C=O) groups is 3. The van der Waals surface area contributed by atoms with Gasteiger partial charge in [-0.2, -0.15) is 13.2 Å². The molecule has 0 radical (unpaired) electrons. The molecule has 2 aromatic heterocycles. The maximum atomic E-state index is 14.4. The number of Topliss-reactive ketones (excluding diaryl/α,β-unsaturated/α-hetero) is 2. The number of amides is 1. The highest BCUT2D eigenvalue weighted by molar-refractivity contribution is 6.30. The molecule has 38 heavy (non-hydrogen) atoms. The van der Waals surface area contributed by atoms with Gasteiger partial charge in [0.1, 0.15) is 23.1 Å². The zero-order valence-electron chi connectivity index (χ0n) is 20.3. The van der Waals surface area contributed by atoms with E-state index >= 15 is 0 Å². The van der Waals surface area contributed by atoms with E-state index in [4.69, 9.17) is 11.6 Å². The van der Waals surface area contributed by atoms with Crippen molar-refractivity contribution < 1.29 is 31.9 Å². The maximum Gasteiger partial charge on any atom is 0.433 e. The summed E-state index contributed by atoms with van der Waals surface area (Å²) in [5.74, 6) is -3.67. The molecule has 1 N–H and O–H groups in total. The summed E-state index contributed by atoms with van der Waals surface area (Å²) in [5.41, 5.74) is 1.64. The van der Waals surface area contributed by atoms with Gasteiger partial charge in [-0.05, 0) is 60.4 Å². The summed E-state index contributed by atoms with van der Waals surface area (Å²) in [4.78, 5) is 45.9. The molecule has 1 fully saturated rings. The topological polar surface area (TPSA) is 89.0 Å². The molecule has 198 valence electrons. The Morgan fingerprint density at radius 2 is 1.76 bits per heavy atom. The van der Waals surface area contributed by atoms with Gasteiger partial charge >= 0.3 is 6.18 Å². The van der Waals surface area contributed by atoms with E-state index in [0.717, 1.165) is 18.3 Å². The van der Waals surface area contributed by atoms with Crippen molar-refractivity contribution in [3.05, 3.63) is 81.5 Å². The third-order valence-corrected chi connectivity index (χ3v) is 6.66. The number of halogens is 5. The fraction of sp³-hybridized carbons (Fsp3) is 0.296. The molecule has 0 spiro atoms. The Kier molecular flexibility index (Phi) is 7.64. The highest BCUT2D eigenvalue weighted by atomic mass is 35.5. The highest BCUT2D eigenvalue weighted by Crippen LogP contribution is 2.39. The first-order chi connectivity index (χ1) is 17.8. The molecule has 3 aromatic rings. The maximum absolute atomic E-state index is 14.4. The van der Waals surface area contributed by atoms with Gasteiger partial charge in [-0.25, -0.2) is 4.39 Å². The van der Waals surface area contributed by atoms with E-state index in [-0.39, 0.29) is 41.7 Å². The zero-order chi connectivity index (χ0) is 27.8. The van der Waals surface area contributed by atoms with Gasteiger partial charge in [-0.1, -0.05) is 17.7 Å². The molecule has 0 saturated heterocycles. The van der Waals surface area contributed by atoms with Crippen LogP contribution in [0.3, 0.4) is 0 Å². The third kappa shape index (κ3) is 5.75. The van der Waals surface area contributed by atoms with Crippen LogP contribution in [0.25, 0.3) is 11.3 Å². The van der Waals surface area contributed by atoms with Crippen LogP contribution in [-0.4, -0.2) is 27.4 Å². The summed E-state index contributed by atoms with van der Waals surface area (Å²) in [7, 11) is 0. The van der Waals surface area contributed by atoms with Crippen LogP contribution in [0.15, 0.2) is 42.7 Å². The monoisotopic (exact) mass is 547 g/mol. The summed E-state index contributed by atoms with van der Waals surface area (Å²) in [6.45, 7) is 3.37. The van der Waals surface area contributed by atoms with Gasteiger partial charge in [0.15, 0.2) is 11.6 Å². The van der Waals surface area contributed by atoms with Crippen molar-refractivity contribution >= 4 is 29.1 Å². The lowest BCUT2D eigenvalue weighted by Gasteiger charge is -2.17. The van der Waals surface area contributed by atoms with Gasteiger partial charge in [-0.15, -0.1) is 0 Å². The number of nitrogens with zero attached hydrogens (tertiary/aromatic N) is 2. The summed E-state index contributed by atoms with van der Waals surface area (Å²) >= 11 is 5.79. The van der Waals surface area contributed by atoms with Crippen molar-refractivity contribution in [2.24, 2.45) is 5.92 Å². The Morgan fingerprint density at radius 1 is 1.08 bits per heavy atom. The predicted molar refractivity (Wildman–Crippen MR) is 131 cm³/mol. The average Bonchev–Trinajstić information content (AvgIpc) is 3.09. The molecule has 0 aliphatic heterocycles. The standard InChI is InChI=1S/C27H22ClF4N3O3/c1-13-5-16(25-19(29)9-18(28)12-35-25)6-14(2)23(13)24-20(36)7-17(26(24)38)8-22(37)34-11-15-3-4-21(33-10-15)27(30,31)32/h3-6,9-10,12,17,24H,7-8,11H2,1-2H3,(H,34,37). The number of ketones is 2. The number of hydrogen-bond acceptors (Lipinski definition) is 5. The first-order valence-electron chi connectivity index (χ1n) is 11.6. The first-order valence-corrected chi connectivity index (χ1v) is 12.0. The molecule has 1 aromatic carbocycles. The third-order valence-electron chi connectivity index (χ3n) is 6.46. The molecule has 6 nitrogen and oxygen atoms in total. The number of aryl methyl sites for hydroxylation is 2. The van der Waals surface area contributed by atoms with Crippen LogP contribution in [0.5, 0.6) is 0 Å². The molecular weight excluding hydrogens is 526 g/mol. The average molecular weight is 548 g/mol. The predicted octanol–water partition coefficient (Wildman–Crippen LogP) is 5.52. The van der Waals surface area contributed by atoms with Crippen LogP contribution in [0.1, 0.15) is 46.7 Å². The van der Waals surface area contributed by atoms with Crippen molar-refractivity contribution in [1.29, 1.82) is 0 Å². The van der Waals surface area contributed by atoms with E-state index in [1.165, 1.54) is 12.3 Å². The summed E-state index contributed by atoms with van der Waals surface area (Å²) in [6.07, 6.45) is -2.55. The second kappa shape index (κ2) is 10.6. The van der Waals surface area contributed by atoms with Crippen LogP contribution in [0.2, 0.25) is 5.02 Å². The molecule has 0 bridgehead atoms. The second-order valence-corrected chi connectivity index (χ2v) is 9.68. The quantitative estimate of drug-likeness (QED) is 0.324. The van der Waals surface area contributed by atoms with Crippen LogP contribution in [-0.2, 0) is 27.1 Å². The molecule has 11 heteroatoms. The van der Waals surface area contributed by atoms with Gasteiger partial charge in [0.2, 0.25) is 5.91 Å². The SMILES string of the molecule is Cc1cc(-c2ncc(Cl)cc2F)cc(C)c1C1C(=O)CC(CC(=O)NCc2ccc(C(F)(F)F)nc2)C1=O. The lowest BCUT2D eigenvalue weighted by atomic mass is 9.85. The highest BCUT2D eigenvalue weighted by Gasteiger charge is 2.44. The Balaban J connectivity index is 1.44. The molecule has 2 unspecified atom stereocenters. The van der Waals surface area contributed by atoms with Gasteiger partial charge in [0, 0.05) is 43.3 Å². The number of aromatic nitrogens is 2. The molecule has 1 aliphatic carbocycles. The van der Waals surface area contributed by atoms with Gasteiger partial charge < -0.3 is 5.32 Å². The van der Waals surface area contributed by atoms with Crippen molar-refractivity contribution in [2.45, 2.75) is 45.3 Å². The normalized spacial score (nSPS) is 17.7. The van der Waals surface area contributed by atoms with Crippen LogP contribution in [0.4, 0.5) is 17.6 Å². The van der Waals surface area contributed by atoms with Crippen molar-refractivity contribution in [1.82, 2.24) is 15.3 Å². The minimum Gasteiger partial charge on any atom is -0.352 e.